The Morgan fingerprint density at radius 3 is 2.45 bits per heavy atom. The summed E-state index contributed by atoms with van der Waals surface area (Å²) in [4.78, 5) is 0. The Balaban J connectivity index is 1.96. The van der Waals surface area contributed by atoms with E-state index in [-0.39, 0.29) is 0 Å². The van der Waals surface area contributed by atoms with Crippen LogP contribution in [0.15, 0.2) is 30.3 Å². The summed E-state index contributed by atoms with van der Waals surface area (Å²) < 4.78 is 32.5. The molecule has 1 aliphatic heterocycles. The predicted molar refractivity (Wildman–Crippen MR) is 74.1 cm³/mol. The number of hydrogen-bond donors (Lipinski definition) is 1. The summed E-state index contributed by atoms with van der Waals surface area (Å²) in [5, 5.41) is 3.26. The van der Waals surface area contributed by atoms with E-state index in [0.717, 1.165) is 28.6 Å². The lowest BCUT2D eigenvalue weighted by Crippen LogP contribution is -2.24. The van der Waals surface area contributed by atoms with Crippen molar-refractivity contribution in [2.75, 3.05) is 11.9 Å². The van der Waals surface area contributed by atoms with Crippen LogP contribution in [0.5, 0.6) is 5.75 Å². The molecule has 20 heavy (non-hydrogen) atoms. The molecule has 0 aromatic heterocycles. The Labute approximate surface area is 116 Å². The lowest BCUT2D eigenvalue weighted by atomic mass is 10.0. The summed E-state index contributed by atoms with van der Waals surface area (Å²) in [5.41, 5.74) is 3.58. The highest BCUT2D eigenvalue weighted by atomic mass is 19.1. The van der Waals surface area contributed by atoms with Gasteiger partial charge in [0.25, 0.3) is 0 Å². The van der Waals surface area contributed by atoms with Gasteiger partial charge >= 0.3 is 0 Å². The normalized spacial score (nSPS) is 17.1. The number of ether oxygens (including phenoxy) is 1. The molecule has 104 valence electrons. The van der Waals surface area contributed by atoms with Crippen LogP contribution in [0.1, 0.15) is 22.8 Å². The first-order valence-corrected chi connectivity index (χ1v) is 6.51. The summed E-state index contributed by atoms with van der Waals surface area (Å²) >= 11 is 0. The molecule has 0 amide bonds. The van der Waals surface area contributed by atoms with Crippen molar-refractivity contribution in [2.24, 2.45) is 0 Å². The molecular formula is C16H15F2NO. The zero-order valence-electron chi connectivity index (χ0n) is 11.3. The van der Waals surface area contributed by atoms with Crippen LogP contribution < -0.4 is 10.1 Å². The molecule has 0 spiro atoms. The van der Waals surface area contributed by atoms with E-state index in [1.54, 1.807) is 0 Å². The Morgan fingerprint density at radius 2 is 1.75 bits per heavy atom. The Morgan fingerprint density at radius 1 is 1.05 bits per heavy atom. The van der Waals surface area contributed by atoms with E-state index in [4.69, 9.17) is 4.74 Å². The average Bonchev–Trinajstić information content (AvgIpc) is 2.37. The second kappa shape index (κ2) is 4.78. The lowest BCUT2D eigenvalue weighted by Gasteiger charge is -2.29. The van der Waals surface area contributed by atoms with Crippen LogP contribution in [0.4, 0.5) is 14.5 Å². The predicted octanol–water partition coefficient (Wildman–Crippen LogP) is 4.13. The summed E-state index contributed by atoms with van der Waals surface area (Å²) in [7, 11) is 0. The van der Waals surface area contributed by atoms with Crippen LogP contribution in [0.2, 0.25) is 0 Å². The van der Waals surface area contributed by atoms with E-state index in [1.807, 2.05) is 26.0 Å². The molecule has 4 heteroatoms. The third-order valence-electron chi connectivity index (χ3n) is 3.41. The minimum Gasteiger partial charge on any atom is -0.481 e. The van der Waals surface area contributed by atoms with Crippen molar-refractivity contribution in [1.29, 1.82) is 0 Å². The van der Waals surface area contributed by atoms with Crippen LogP contribution in [0, 0.1) is 25.5 Å². The first kappa shape index (κ1) is 12.9. The molecule has 1 aliphatic rings. The molecule has 3 rings (SSSR count). The van der Waals surface area contributed by atoms with Crippen LogP contribution in [0.3, 0.4) is 0 Å². The Kier molecular flexibility index (Phi) is 3.08. The van der Waals surface area contributed by atoms with Crippen LogP contribution in [0.25, 0.3) is 0 Å². The van der Waals surface area contributed by atoms with Gasteiger partial charge in [0.15, 0.2) is 0 Å². The molecule has 1 unspecified atom stereocenters. The van der Waals surface area contributed by atoms with E-state index < -0.39 is 17.7 Å². The van der Waals surface area contributed by atoms with E-state index in [2.05, 4.69) is 5.32 Å². The summed E-state index contributed by atoms with van der Waals surface area (Å²) in [6.07, 6.45) is -0.394. The maximum absolute atomic E-state index is 13.3. The third-order valence-corrected chi connectivity index (χ3v) is 3.41. The number of anilines is 1. The molecule has 0 aliphatic carbocycles. The minimum absolute atomic E-state index is 0.394. The van der Waals surface area contributed by atoms with Gasteiger partial charge in [-0.25, -0.2) is 8.78 Å². The number of nitrogens with one attached hydrogen (secondary N) is 1. The number of aryl methyl sites for hydroxylation is 2. The summed E-state index contributed by atoms with van der Waals surface area (Å²) in [5.74, 6) is -0.429. The van der Waals surface area contributed by atoms with E-state index in [1.165, 1.54) is 12.1 Å². The van der Waals surface area contributed by atoms with Crippen LogP contribution in [-0.4, -0.2) is 6.54 Å². The highest BCUT2D eigenvalue weighted by molar-refractivity contribution is 5.63. The topological polar surface area (TPSA) is 21.3 Å². The van der Waals surface area contributed by atoms with Gasteiger partial charge in [-0.2, -0.15) is 0 Å². The molecule has 0 radical (unpaired) electrons. The second-order valence-electron chi connectivity index (χ2n) is 5.15. The quantitative estimate of drug-likeness (QED) is 0.845. The Bertz CT molecular complexity index is 650. The number of rotatable bonds is 1. The maximum Gasteiger partial charge on any atom is 0.146 e. The van der Waals surface area contributed by atoms with Crippen molar-refractivity contribution in [3.05, 3.63) is 58.7 Å². The first-order chi connectivity index (χ1) is 9.52. The number of hydrogen-bond acceptors (Lipinski definition) is 2. The fourth-order valence-electron chi connectivity index (χ4n) is 2.58. The van der Waals surface area contributed by atoms with Gasteiger partial charge in [0.05, 0.1) is 12.2 Å². The SMILES string of the molecule is Cc1cc(C)c2c(c1)NCC(c1cc(F)cc(F)c1)O2. The average molecular weight is 275 g/mol. The van der Waals surface area contributed by atoms with Crippen LogP contribution in [-0.2, 0) is 0 Å². The standard InChI is InChI=1S/C16H15F2NO/c1-9-3-10(2)16-14(4-9)19-8-15(20-16)11-5-12(17)7-13(18)6-11/h3-7,15,19H,8H2,1-2H3. The van der Waals surface area contributed by atoms with Crippen molar-refractivity contribution >= 4 is 5.69 Å². The van der Waals surface area contributed by atoms with Crippen molar-refractivity contribution in [3.8, 4) is 5.75 Å². The van der Waals surface area contributed by atoms with Gasteiger partial charge in [-0.1, -0.05) is 6.07 Å². The first-order valence-electron chi connectivity index (χ1n) is 6.51. The van der Waals surface area contributed by atoms with Crippen LogP contribution >= 0.6 is 0 Å². The van der Waals surface area contributed by atoms with Crippen molar-refractivity contribution < 1.29 is 13.5 Å². The molecular weight excluding hydrogens is 260 g/mol. The molecule has 1 heterocycles. The molecule has 2 aromatic carbocycles. The van der Waals surface area contributed by atoms with E-state index >= 15 is 0 Å². The highest BCUT2D eigenvalue weighted by Crippen LogP contribution is 2.37. The number of halogens is 2. The van der Waals surface area contributed by atoms with Gasteiger partial charge in [0.2, 0.25) is 0 Å². The molecule has 1 atom stereocenters. The van der Waals surface area contributed by atoms with Crippen molar-refractivity contribution in [3.63, 3.8) is 0 Å². The number of fused-ring (bicyclic) bond motifs is 1. The van der Waals surface area contributed by atoms with Gasteiger partial charge in [-0.15, -0.1) is 0 Å². The fourth-order valence-corrected chi connectivity index (χ4v) is 2.58. The maximum atomic E-state index is 13.3. The highest BCUT2D eigenvalue weighted by Gasteiger charge is 2.23. The largest absolute Gasteiger partial charge is 0.481 e. The third kappa shape index (κ3) is 2.33. The Hall–Kier alpha value is -2.10. The molecule has 0 saturated heterocycles. The zero-order chi connectivity index (χ0) is 14.3. The van der Waals surface area contributed by atoms with Gasteiger partial charge in [-0.3, -0.25) is 0 Å². The van der Waals surface area contributed by atoms with Crippen molar-refractivity contribution in [2.45, 2.75) is 20.0 Å². The molecule has 0 fully saturated rings. The molecule has 0 bridgehead atoms. The van der Waals surface area contributed by atoms with E-state index in [9.17, 15) is 8.78 Å². The summed E-state index contributed by atoms with van der Waals surface area (Å²) in [6, 6.07) is 7.51. The van der Waals surface area contributed by atoms with Gasteiger partial charge in [-0.05, 0) is 48.7 Å². The molecule has 0 saturated carbocycles. The minimum atomic E-state index is -0.588. The van der Waals surface area contributed by atoms with Gasteiger partial charge < -0.3 is 10.1 Å². The van der Waals surface area contributed by atoms with Crippen molar-refractivity contribution in [1.82, 2.24) is 0 Å². The van der Waals surface area contributed by atoms with E-state index in [0.29, 0.717) is 12.1 Å². The molecule has 2 nitrogen and oxygen atoms in total. The molecule has 2 aromatic rings. The number of benzene rings is 2. The second-order valence-corrected chi connectivity index (χ2v) is 5.15. The monoisotopic (exact) mass is 275 g/mol. The van der Waals surface area contributed by atoms with Gasteiger partial charge in [0.1, 0.15) is 23.5 Å². The zero-order valence-corrected chi connectivity index (χ0v) is 11.3. The fraction of sp³-hybridized carbons (Fsp3) is 0.250. The van der Waals surface area contributed by atoms with Gasteiger partial charge in [0, 0.05) is 6.07 Å². The summed E-state index contributed by atoms with van der Waals surface area (Å²) in [6.45, 7) is 4.46. The smallest absolute Gasteiger partial charge is 0.146 e. The molecule has 1 N–H and O–H groups in total. The lowest BCUT2D eigenvalue weighted by molar-refractivity contribution is 0.208.